The fourth-order valence-electron chi connectivity index (χ4n) is 2.53. The van der Waals surface area contributed by atoms with Gasteiger partial charge in [-0.15, -0.1) is 0 Å². The van der Waals surface area contributed by atoms with E-state index in [1.54, 1.807) is 0 Å². The molecule has 0 spiro atoms. The van der Waals surface area contributed by atoms with Gasteiger partial charge < -0.3 is 4.74 Å². The van der Waals surface area contributed by atoms with Crippen molar-refractivity contribution in [3.8, 4) is 5.75 Å². The third-order valence-electron chi connectivity index (χ3n) is 3.39. The SMILES string of the molecule is CC(C)CC(C)C1CC(=O)c2ccc(Br)cc2O1. The van der Waals surface area contributed by atoms with Crippen molar-refractivity contribution in [2.45, 2.75) is 39.7 Å². The first kappa shape index (κ1) is 13.6. The maximum Gasteiger partial charge on any atom is 0.170 e. The second-order valence-corrected chi connectivity index (χ2v) is 6.45. The Kier molecular flexibility index (Phi) is 4.10. The zero-order valence-electron chi connectivity index (χ0n) is 11.1. The highest BCUT2D eigenvalue weighted by Crippen LogP contribution is 2.33. The molecule has 2 atom stereocenters. The van der Waals surface area contributed by atoms with Gasteiger partial charge in [0.15, 0.2) is 5.78 Å². The Morgan fingerprint density at radius 3 is 2.78 bits per heavy atom. The number of benzene rings is 1. The van der Waals surface area contributed by atoms with Crippen molar-refractivity contribution in [3.05, 3.63) is 28.2 Å². The average Bonchev–Trinajstić information content (AvgIpc) is 2.27. The smallest absolute Gasteiger partial charge is 0.170 e. The first-order chi connectivity index (χ1) is 8.47. The van der Waals surface area contributed by atoms with Gasteiger partial charge in [0, 0.05) is 10.9 Å². The quantitative estimate of drug-likeness (QED) is 0.823. The molecule has 1 aromatic carbocycles. The summed E-state index contributed by atoms with van der Waals surface area (Å²) >= 11 is 3.42. The van der Waals surface area contributed by atoms with Crippen LogP contribution in [0, 0.1) is 11.8 Å². The highest BCUT2D eigenvalue weighted by atomic mass is 79.9. The predicted octanol–water partition coefficient (Wildman–Crippen LogP) is 4.47. The van der Waals surface area contributed by atoms with Gasteiger partial charge in [0.05, 0.1) is 5.56 Å². The van der Waals surface area contributed by atoms with E-state index in [1.807, 2.05) is 18.2 Å². The zero-order chi connectivity index (χ0) is 13.3. The Bertz CT molecular complexity index is 454. The highest BCUT2D eigenvalue weighted by molar-refractivity contribution is 9.10. The molecule has 0 aromatic heterocycles. The number of hydrogen-bond acceptors (Lipinski definition) is 2. The Hall–Kier alpha value is -0.830. The summed E-state index contributed by atoms with van der Waals surface area (Å²) in [6, 6.07) is 5.62. The van der Waals surface area contributed by atoms with Gasteiger partial charge in [-0.1, -0.05) is 36.7 Å². The molecule has 1 heterocycles. The largest absolute Gasteiger partial charge is 0.489 e. The Balaban J connectivity index is 2.19. The number of carbonyl (C=O) groups excluding carboxylic acids is 1. The number of halogens is 1. The lowest BCUT2D eigenvalue weighted by molar-refractivity contribution is 0.0722. The molecule has 98 valence electrons. The van der Waals surface area contributed by atoms with Crippen LogP contribution < -0.4 is 4.74 Å². The first-order valence-corrected chi connectivity index (χ1v) is 7.26. The van der Waals surface area contributed by atoms with Crippen LogP contribution in [0.3, 0.4) is 0 Å². The first-order valence-electron chi connectivity index (χ1n) is 6.46. The molecule has 3 heteroatoms. The summed E-state index contributed by atoms with van der Waals surface area (Å²) in [4.78, 5) is 12.1. The Morgan fingerprint density at radius 2 is 2.11 bits per heavy atom. The summed E-state index contributed by atoms with van der Waals surface area (Å²) in [5.41, 5.74) is 0.714. The normalized spacial score (nSPS) is 20.5. The van der Waals surface area contributed by atoms with E-state index in [4.69, 9.17) is 4.74 Å². The molecule has 18 heavy (non-hydrogen) atoms. The minimum absolute atomic E-state index is 0.0155. The minimum Gasteiger partial charge on any atom is -0.489 e. The van der Waals surface area contributed by atoms with Gasteiger partial charge in [-0.05, 0) is 36.5 Å². The molecular formula is C15H19BrO2. The van der Waals surface area contributed by atoms with Crippen LogP contribution in [0.1, 0.15) is 44.0 Å². The van der Waals surface area contributed by atoms with Crippen LogP contribution in [0.4, 0.5) is 0 Å². The van der Waals surface area contributed by atoms with Crippen molar-refractivity contribution >= 4 is 21.7 Å². The molecule has 1 aliphatic heterocycles. The number of ketones is 1. The second-order valence-electron chi connectivity index (χ2n) is 5.53. The van der Waals surface area contributed by atoms with E-state index in [2.05, 4.69) is 36.7 Å². The number of hydrogen-bond donors (Lipinski definition) is 0. The standard InChI is InChI=1S/C15H19BrO2/c1-9(2)6-10(3)14-8-13(17)12-5-4-11(16)7-15(12)18-14/h4-5,7,9-10,14H,6,8H2,1-3H3. The van der Waals surface area contributed by atoms with Crippen molar-refractivity contribution in [1.29, 1.82) is 0 Å². The molecule has 0 fully saturated rings. The molecule has 0 aliphatic carbocycles. The van der Waals surface area contributed by atoms with E-state index < -0.39 is 0 Å². The molecule has 1 aromatic rings. The van der Waals surface area contributed by atoms with Crippen molar-refractivity contribution < 1.29 is 9.53 Å². The van der Waals surface area contributed by atoms with Crippen LogP contribution in [-0.2, 0) is 0 Å². The number of Topliss-reactive ketones (excluding diaryl/α,β-unsaturated/α-hetero) is 1. The van der Waals surface area contributed by atoms with Crippen molar-refractivity contribution in [2.75, 3.05) is 0 Å². The molecule has 2 nitrogen and oxygen atoms in total. The molecular weight excluding hydrogens is 292 g/mol. The van der Waals surface area contributed by atoms with Gasteiger partial charge in [-0.25, -0.2) is 0 Å². The summed E-state index contributed by atoms with van der Waals surface area (Å²) in [6.07, 6.45) is 1.60. The van der Waals surface area contributed by atoms with Gasteiger partial charge in [-0.3, -0.25) is 4.79 Å². The van der Waals surface area contributed by atoms with Crippen LogP contribution in [-0.4, -0.2) is 11.9 Å². The van der Waals surface area contributed by atoms with Crippen LogP contribution in [0.25, 0.3) is 0 Å². The lowest BCUT2D eigenvalue weighted by Gasteiger charge is -2.30. The molecule has 0 N–H and O–H groups in total. The molecule has 0 saturated heterocycles. The minimum atomic E-state index is 0.0155. The van der Waals surface area contributed by atoms with Gasteiger partial charge in [0.25, 0.3) is 0 Å². The Labute approximate surface area is 117 Å². The van der Waals surface area contributed by atoms with Crippen LogP contribution in [0.5, 0.6) is 5.75 Å². The van der Waals surface area contributed by atoms with E-state index >= 15 is 0 Å². The van der Waals surface area contributed by atoms with E-state index in [-0.39, 0.29) is 11.9 Å². The molecule has 0 saturated carbocycles. The second kappa shape index (κ2) is 5.43. The van der Waals surface area contributed by atoms with Crippen molar-refractivity contribution in [2.24, 2.45) is 11.8 Å². The van der Waals surface area contributed by atoms with Crippen molar-refractivity contribution in [1.82, 2.24) is 0 Å². The number of fused-ring (bicyclic) bond motifs is 1. The van der Waals surface area contributed by atoms with Crippen LogP contribution in [0.2, 0.25) is 0 Å². The number of carbonyl (C=O) groups is 1. The summed E-state index contributed by atoms with van der Waals surface area (Å²) in [5.74, 6) is 1.95. The maximum atomic E-state index is 12.1. The van der Waals surface area contributed by atoms with Gasteiger partial charge >= 0.3 is 0 Å². The lowest BCUT2D eigenvalue weighted by Crippen LogP contribution is -2.33. The van der Waals surface area contributed by atoms with Gasteiger partial charge in [0.1, 0.15) is 11.9 Å². The van der Waals surface area contributed by atoms with Gasteiger partial charge in [0.2, 0.25) is 0 Å². The van der Waals surface area contributed by atoms with Crippen LogP contribution >= 0.6 is 15.9 Å². The molecule has 2 unspecified atom stereocenters. The van der Waals surface area contributed by atoms with Crippen molar-refractivity contribution in [3.63, 3.8) is 0 Å². The summed E-state index contributed by atoms with van der Waals surface area (Å²) in [5, 5.41) is 0. The molecule has 0 bridgehead atoms. The molecule has 0 radical (unpaired) electrons. The number of rotatable bonds is 3. The van der Waals surface area contributed by atoms with Gasteiger partial charge in [-0.2, -0.15) is 0 Å². The summed E-state index contributed by atoms with van der Waals surface area (Å²) in [6.45, 7) is 6.57. The fraction of sp³-hybridized carbons (Fsp3) is 0.533. The topological polar surface area (TPSA) is 26.3 Å². The highest BCUT2D eigenvalue weighted by Gasteiger charge is 2.30. The fourth-order valence-corrected chi connectivity index (χ4v) is 2.87. The van der Waals surface area contributed by atoms with E-state index in [0.29, 0.717) is 23.8 Å². The summed E-state index contributed by atoms with van der Waals surface area (Å²) < 4.78 is 6.95. The van der Waals surface area contributed by atoms with E-state index in [0.717, 1.165) is 16.6 Å². The molecule has 1 aliphatic rings. The number of ether oxygens (including phenoxy) is 1. The average molecular weight is 311 g/mol. The van der Waals surface area contributed by atoms with E-state index in [9.17, 15) is 4.79 Å². The van der Waals surface area contributed by atoms with Crippen LogP contribution in [0.15, 0.2) is 22.7 Å². The maximum absolute atomic E-state index is 12.1. The monoisotopic (exact) mass is 310 g/mol. The molecule has 2 rings (SSSR count). The van der Waals surface area contributed by atoms with E-state index in [1.165, 1.54) is 0 Å². The third kappa shape index (κ3) is 2.94. The Morgan fingerprint density at radius 1 is 1.39 bits per heavy atom. The zero-order valence-corrected chi connectivity index (χ0v) is 12.7. The molecule has 0 amide bonds. The lowest BCUT2D eigenvalue weighted by atomic mass is 9.88. The third-order valence-corrected chi connectivity index (χ3v) is 3.88. The predicted molar refractivity (Wildman–Crippen MR) is 76.1 cm³/mol. The summed E-state index contributed by atoms with van der Waals surface area (Å²) in [7, 11) is 0.